The summed E-state index contributed by atoms with van der Waals surface area (Å²) in [6.07, 6.45) is 6.89. The Morgan fingerprint density at radius 3 is 2.35 bits per heavy atom. The van der Waals surface area contributed by atoms with E-state index < -0.39 is 0 Å². The van der Waals surface area contributed by atoms with Crippen LogP contribution in [0.5, 0.6) is 0 Å². The molecule has 20 heavy (non-hydrogen) atoms. The fraction of sp³-hybridized carbons (Fsp3) is 0.647. The summed E-state index contributed by atoms with van der Waals surface area (Å²) >= 11 is 9.74. The maximum absolute atomic E-state index is 5.98. The average molecular weight is 359 g/mol. The first-order valence-electron chi connectivity index (χ1n) is 7.58. The molecule has 1 aromatic carbocycles. The third kappa shape index (κ3) is 3.99. The molecule has 3 heteroatoms. The fourth-order valence-corrected chi connectivity index (χ4v) is 4.16. The van der Waals surface area contributed by atoms with Gasteiger partial charge < -0.3 is 0 Å². The summed E-state index contributed by atoms with van der Waals surface area (Å²) in [5.41, 5.74) is 1.81. The van der Waals surface area contributed by atoms with E-state index in [9.17, 15) is 0 Å². The SMILES string of the molecule is CC(c1ccc(Cl)cc1)N(C)CC1(CBr)CCCCC1. The van der Waals surface area contributed by atoms with Crippen LogP contribution in [-0.2, 0) is 0 Å². The second kappa shape index (κ2) is 7.29. The number of rotatable bonds is 5. The third-order valence-electron chi connectivity index (χ3n) is 4.80. The van der Waals surface area contributed by atoms with Crippen molar-refractivity contribution in [3.63, 3.8) is 0 Å². The summed E-state index contributed by atoms with van der Waals surface area (Å²) in [5.74, 6) is 0. The molecule has 0 saturated heterocycles. The molecule has 0 aliphatic heterocycles. The molecular weight excluding hydrogens is 334 g/mol. The highest BCUT2D eigenvalue weighted by molar-refractivity contribution is 9.09. The van der Waals surface area contributed by atoms with E-state index in [2.05, 4.69) is 46.9 Å². The lowest BCUT2D eigenvalue weighted by Gasteiger charge is -2.40. The van der Waals surface area contributed by atoms with E-state index in [1.54, 1.807) is 0 Å². The smallest absolute Gasteiger partial charge is 0.0406 e. The zero-order valence-electron chi connectivity index (χ0n) is 12.5. The molecule has 1 aliphatic carbocycles. The van der Waals surface area contributed by atoms with Crippen molar-refractivity contribution in [1.29, 1.82) is 0 Å². The number of benzene rings is 1. The van der Waals surface area contributed by atoms with Crippen LogP contribution in [-0.4, -0.2) is 23.8 Å². The van der Waals surface area contributed by atoms with Crippen LogP contribution in [0.3, 0.4) is 0 Å². The zero-order valence-corrected chi connectivity index (χ0v) is 14.9. The zero-order chi connectivity index (χ0) is 14.6. The summed E-state index contributed by atoms with van der Waals surface area (Å²) in [7, 11) is 2.25. The summed E-state index contributed by atoms with van der Waals surface area (Å²) in [6.45, 7) is 3.45. The van der Waals surface area contributed by atoms with Crippen LogP contribution in [0.25, 0.3) is 0 Å². The summed E-state index contributed by atoms with van der Waals surface area (Å²) in [4.78, 5) is 2.50. The van der Waals surface area contributed by atoms with Crippen molar-refractivity contribution >= 4 is 27.5 Å². The molecule has 1 atom stereocenters. The minimum Gasteiger partial charge on any atom is -0.299 e. The summed E-state index contributed by atoms with van der Waals surface area (Å²) < 4.78 is 0. The van der Waals surface area contributed by atoms with Crippen molar-refractivity contribution in [2.24, 2.45) is 5.41 Å². The molecule has 1 unspecified atom stereocenters. The highest BCUT2D eigenvalue weighted by Gasteiger charge is 2.33. The lowest BCUT2D eigenvalue weighted by Crippen LogP contribution is -2.39. The maximum Gasteiger partial charge on any atom is 0.0406 e. The molecule has 2 rings (SSSR count). The Kier molecular flexibility index (Phi) is 5.95. The molecule has 0 heterocycles. The third-order valence-corrected chi connectivity index (χ3v) is 6.24. The molecule has 1 saturated carbocycles. The highest BCUT2D eigenvalue weighted by atomic mass is 79.9. The minimum absolute atomic E-state index is 0.435. The minimum atomic E-state index is 0.435. The van der Waals surface area contributed by atoms with Crippen LogP contribution in [0, 0.1) is 5.41 Å². The van der Waals surface area contributed by atoms with Gasteiger partial charge in [-0.05, 0) is 49.9 Å². The molecule has 0 aromatic heterocycles. The first kappa shape index (κ1) is 16.3. The van der Waals surface area contributed by atoms with Crippen LogP contribution in [0.2, 0.25) is 5.02 Å². The van der Waals surface area contributed by atoms with Crippen LogP contribution in [0.4, 0.5) is 0 Å². The quantitative estimate of drug-likeness (QED) is 0.612. The molecule has 1 aliphatic rings. The molecule has 112 valence electrons. The van der Waals surface area contributed by atoms with Gasteiger partial charge in [0.05, 0.1) is 0 Å². The van der Waals surface area contributed by atoms with Crippen molar-refractivity contribution in [3.8, 4) is 0 Å². The first-order valence-corrected chi connectivity index (χ1v) is 9.08. The van der Waals surface area contributed by atoms with Crippen molar-refractivity contribution < 1.29 is 0 Å². The first-order chi connectivity index (χ1) is 9.56. The van der Waals surface area contributed by atoms with E-state index in [4.69, 9.17) is 11.6 Å². The predicted molar refractivity (Wildman–Crippen MR) is 91.8 cm³/mol. The predicted octanol–water partition coefficient (Wildman–Crippen LogP) is 5.68. The second-order valence-electron chi connectivity index (χ2n) is 6.34. The molecule has 0 amide bonds. The van der Waals surface area contributed by atoms with Crippen LogP contribution >= 0.6 is 27.5 Å². The molecule has 1 aromatic rings. The van der Waals surface area contributed by atoms with E-state index in [1.165, 1.54) is 44.2 Å². The van der Waals surface area contributed by atoms with Gasteiger partial charge in [0, 0.05) is 22.9 Å². The van der Waals surface area contributed by atoms with E-state index in [0.29, 0.717) is 11.5 Å². The topological polar surface area (TPSA) is 3.24 Å². The molecular formula is C17H25BrClN. The average Bonchev–Trinajstić information content (AvgIpc) is 2.48. The lowest BCUT2D eigenvalue weighted by atomic mass is 9.75. The largest absolute Gasteiger partial charge is 0.299 e. The monoisotopic (exact) mass is 357 g/mol. The second-order valence-corrected chi connectivity index (χ2v) is 7.33. The Morgan fingerprint density at radius 2 is 1.80 bits per heavy atom. The number of hydrogen-bond acceptors (Lipinski definition) is 1. The Hall–Kier alpha value is -0.0500. The van der Waals surface area contributed by atoms with Crippen LogP contribution < -0.4 is 0 Å². The van der Waals surface area contributed by atoms with Gasteiger partial charge >= 0.3 is 0 Å². The molecule has 1 nitrogen and oxygen atoms in total. The molecule has 0 N–H and O–H groups in total. The van der Waals surface area contributed by atoms with Crippen molar-refractivity contribution in [3.05, 3.63) is 34.9 Å². The van der Waals surface area contributed by atoms with Gasteiger partial charge in [-0.2, -0.15) is 0 Å². The van der Waals surface area contributed by atoms with Crippen LogP contribution in [0.15, 0.2) is 24.3 Å². The van der Waals surface area contributed by atoms with Crippen molar-refractivity contribution in [1.82, 2.24) is 4.90 Å². The Balaban J connectivity index is 2.02. The molecule has 0 bridgehead atoms. The molecule has 0 radical (unpaired) electrons. The van der Waals surface area contributed by atoms with E-state index >= 15 is 0 Å². The molecule has 0 spiro atoms. The van der Waals surface area contributed by atoms with Gasteiger partial charge in [-0.1, -0.05) is 58.9 Å². The molecule has 1 fully saturated rings. The number of halogens is 2. The van der Waals surface area contributed by atoms with E-state index in [0.717, 1.165) is 10.4 Å². The fourth-order valence-electron chi connectivity index (χ4n) is 3.30. The van der Waals surface area contributed by atoms with Gasteiger partial charge in [-0.15, -0.1) is 0 Å². The number of alkyl halides is 1. The van der Waals surface area contributed by atoms with Crippen LogP contribution in [0.1, 0.15) is 50.6 Å². The number of hydrogen-bond donors (Lipinski definition) is 0. The summed E-state index contributed by atoms with van der Waals surface area (Å²) in [5, 5.41) is 1.94. The van der Waals surface area contributed by atoms with Gasteiger partial charge in [0.2, 0.25) is 0 Å². The Morgan fingerprint density at radius 1 is 1.20 bits per heavy atom. The summed E-state index contributed by atoms with van der Waals surface area (Å²) in [6, 6.07) is 8.70. The van der Waals surface area contributed by atoms with Gasteiger partial charge in [0.1, 0.15) is 0 Å². The normalized spacial score (nSPS) is 20.1. The Bertz CT molecular complexity index is 412. The Labute approximate surface area is 136 Å². The van der Waals surface area contributed by atoms with Gasteiger partial charge in [0.25, 0.3) is 0 Å². The lowest BCUT2D eigenvalue weighted by molar-refractivity contribution is 0.120. The maximum atomic E-state index is 5.98. The highest BCUT2D eigenvalue weighted by Crippen LogP contribution is 2.39. The van der Waals surface area contributed by atoms with E-state index in [1.807, 2.05) is 12.1 Å². The number of nitrogens with zero attached hydrogens (tertiary/aromatic N) is 1. The van der Waals surface area contributed by atoms with E-state index in [-0.39, 0.29) is 0 Å². The van der Waals surface area contributed by atoms with Crippen molar-refractivity contribution in [2.45, 2.75) is 45.1 Å². The standard InChI is InChI=1S/C17H25BrClN/c1-14(15-6-8-16(19)9-7-15)20(2)13-17(12-18)10-4-3-5-11-17/h6-9,14H,3-5,10-13H2,1-2H3. The van der Waals surface area contributed by atoms with Gasteiger partial charge in [0.15, 0.2) is 0 Å². The van der Waals surface area contributed by atoms with Gasteiger partial charge in [-0.25, -0.2) is 0 Å². The van der Waals surface area contributed by atoms with Crippen molar-refractivity contribution in [2.75, 3.05) is 18.9 Å². The van der Waals surface area contributed by atoms with Gasteiger partial charge in [-0.3, -0.25) is 4.90 Å².